The molecule has 13 heavy (non-hydrogen) atoms. The minimum atomic E-state index is 0.562. The van der Waals surface area contributed by atoms with Gasteiger partial charge >= 0.3 is 0 Å². The summed E-state index contributed by atoms with van der Waals surface area (Å²) in [7, 11) is 1.90. The van der Waals surface area contributed by atoms with Crippen molar-refractivity contribution in [2.75, 3.05) is 24.4 Å². The van der Waals surface area contributed by atoms with Gasteiger partial charge in [0.15, 0.2) is 0 Å². The maximum absolute atomic E-state index is 5.60. The molecule has 1 rings (SSSR count). The van der Waals surface area contributed by atoms with E-state index < -0.39 is 0 Å². The second-order valence-corrected chi connectivity index (χ2v) is 3.27. The van der Waals surface area contributed by atoms with Gasteiger partial charge < -0.3 is 4.90 Å². The van der Waals surface area contributed by atoms with Gasteiger partial charge in [0.25, 0.3) is 0 Å². The molecule has 0 saturated carbocycles. The lowest BCUT2D eigenvalue weighted by molar-refractivity contribution is 0.824. The van der Waals surface area contributed by atoms with Gasteiger partial charge in [-0.3, -0.25) is 0 Å². The highest BCUT2D eigenvalue weighted by Gasteiger charge is 2.05. The highest BCUT2D eigenvalue weighted by Crippen LogP contribution is 2.05. The van der Waals surface area contributed by atoms with E-state index in [2.05, 4.69) is 15.2 Å². The van der Waals surface area contributed by atoms with Crippen LogP contribution in [0.2, 0.25) is 0 Å². The zero-order chi connectivity index (χ0) is 9.84. The van der Waals surface area contributed by atoms with E-state index in [0.717, 1.165) is 17.9 Å². The van der Waals surface area contributed by atoms with Crippen molar-refractivity contribution >= 4 is 17.5 Å². The van der Waals surface area contributed by atoms with Crippen LogP contribution in [0.5, 0.6) is 0 Å². The second-order valence-electron chi connectivity index (χ2n) is 2.89. The molecule has 0 aliphatic carbocycles. The van der Waals surface area contributed by atoms with Crippen LogP contribution in [0, 0.1) is 13.8 Å². The van der Waals surface area contributed by atoms with Gasteiger partial charge in [-0.2, -0.15) is 5.10 Å². The molecule has 0 aliphatic heterocycles. The van der Waals surface area contributed by atoms with Gasteiger partial charge in [-0.25, -0.2) is 4.98 Å². The molecule has 0 unspecified atom stereocenters. The Kier molecular flexibility index (Phi) is 3.42. The van der Waals surface area contributed by atoms with Gasteiger partial charge in [-0.1, -0.05) is 0 Å². The predicted octanol–water partition coefficient (Wildman–Crippen LogP) is 1.16. The van der Waals surface area contributed by atoms with E-state index in [-0.39, 0.29) is 0 Å². The monoisotopic (exact) mass is 200 g/mol. The maximum Gasteiger partial charge on any atom is 0.245 e. The molecule has 0 spiro atoms. The van der Waals surface area contributed by atoms with Gasteiger partial charge in [0, 0.05) is 19.5 Å². The van der Waals surface area contributed by atoms with Gasteiger partial charge in [0.05, 0.1) is 11.4 Å². The van der Waals surface area contributed by atoms with Crippen LogP contribution in [0.3, 0.4) is 0 Å². The molecule has 1 heterocycles. The number of halogens is 1. The average molecular weight is 201 g/mol. The number of hydrogen-bond donors (Lipinski definition) is 0. The molecule has 5 heteroatoms. The lowest BCUT2D eigenvalue weighted by atomic mass is 10.4. The van der Waals surface area contributed by atoms with Crippen LogP contribution in [0.1, 0.15) is 11.4 Å². The molecule has 72 valence electrons. The smallest absolute Gasteiger partial charge is 0.245 e. The molecule has 0 aromatic carbocycles. The standard InChI is InChI=1S/C8H13ClN4/c1-6-7(2)11-12-8(10-6)13(3)5-4-9/h4-5H2,1-3H3. The molecule has 0 N–H and O–H groups in total. The van der Waals surface area contributed by atoms with Crippen LogP contribution >= 0.6 is 11.6 Å². The lowest BCUT2D eigenvalue weighted by Gasteiger charge is -2.14. The third-order valence-electron chi connectivity index (χ3n) is 1.84. The van der Waals surface area contributed by atoms with Crippen molar-refractivity contribution < 1.29 is 0 Å². The van der Waals surface area contributed by atoms with Crippen molar-refractivity contribution in [1.29, 1.82) is 0 Å². The van der Waals surface area contributed by atoms with Gasteiger partial charge in [0.2, 0.25) is 5.95 Å². The highest BCUT2D eigenvalue weighted by atomic mass is 35.5. The minimum absolute atomic E-state index is 0.562. The summed E-state index contributed by atoms with van der Waals surface area (Å²) in [6.07, 6.45) is 0. The summed E-state index contributed by atoms with van der Waals surface area (Å²) in [5, 5.41) is 7.95. The second kappa shape index (κ2) is 4.37. The van der Waals surface area contributed by atoms with Crippen molar-refractivity contribution in [2.45, 2.75) is 13.8 Å². The summed E-state index contributed by atoms with van der Waals surface area (Å²) >= 11 is 5.60. The zero-order valence-electron chi connectivity index (χ0n) is 8.08. The fourth-order valence-electron chi connectivity index (χ4n) is 0.834. The molecular formula is C8H13ClN4. The first-order chi connectivity index (χ1) is 6.15. The first kappa shape index (κ1) is 10.2. The van der Waals surface area contributed by atoms with Gasteiger partial charge in [-0.05, 0) is 13.8 Å². The molecule has 0 atom stereocenters. The van der Waals surface area contributed by atoms with E-state index in [1.807, 2.05) is 25.8 Å². The normalized spacial score (nSPS) is 10.2. The Morgan fingerprint density at radius 3 is 2.46 bits per heavy atom. The average Bonchev–Trinajstić information content (AvgIpc) is 2.10. The Morgan fingerprint density at radius 1 is 1.23 bits per heavy atom. The van der Waals surface area contributed by atoms with Gasteiger partial charge in [-0.15, -0.1) is 16.7 Å². The summed E-state index contributed by atoms with van der Waals surface area (Å²) < 4.78 is 0. The third-order valence-corrected chi connectivity index (χ3v) is 2.01. The van der Waals surface area contributed by atoms with Crippen LogP contribution in [-0.4, -0.2) is 34.7 Å². The maximum atomic E-state index is 5.60. The molecule has 0 fully saturated rings. The fraction of sp³-hybridized carbons (Fsp3) is 0.625. The number of alkyl halides is 1. The molecule has 0 bridgehead atoms. The number of hydrogen-bond acceptors (Lipinski definition) is 4. The van der Waals surface area contributed by atoms with Crippen LogP contribution in [0.15, 0.2) is 0 Å². The van der Waals surface area contributed by atoms with Crippen LogP contribution < -0.4 is 4.90 Å². The van der Waals surface area contributed by atoms with Crippen molar-refractivity contribution in [3.05, 3.63) is 11.4 Å². The quantitative estimate of drug-likeness (QED) is 0.687. The Morgan fingerprint density at radius 2 is 1.92 bits per heavy atom. The Labute approximate surface area is 82.9 Å². The first-order valence-electron chi connectivity index (χ1n) is 4.10. The van der Waals surface area contributed by atoms with Crippen molar-refractivity contribution in [3.63, 3.8) is 0 Å². The number of aromatic nitrogens is 3. The minimum Gasteiger partial charge on any atom is -0.341 e. The lowest BCUT2D eigenvalue weighted by Crippen LogP contribution is -2.23. The molecule has 0 saturated heterocycles. The summed E-state index contributed by atoms with van der Waals surface area (Å²) in [6.45, 7) is 4.54. The summed E-state index contributed by atoms with van der Waals surface area (Å²) in [6, 6.07) is 0. The van der Waals surface area contributed by atoms with Crippen molar-refractivity contribution in [1.82, 2.24) is 15.2 Å². The van der Waals surface area contributed by atoms with E-state index in [1.165, 1.54) is 0 Å². The number of anilines is 1. The molecule has 0 radical (unpaired) electrons. The molecule has 0 amide bonds. The van der Waals surface area contributed by atoms with E-state index in [0.29, 0.717) is 11.8 Å². The van der Waals surface area contributed by atoms with Crippen LogP contribution in [0.25, 0.3) is 0 Å². The van der Waals surface area contributed by atoms with Crippen LogP contribution in [0.4, 0.5) is 5.95 Å². The SMILES string of the molecule is Cc1nnc(N(C)CCCl)nc1C. The van der Waals surface area contributed by atoms with Gasteiger partial charge in [0.1, 0.15) is 0 Å². The predicted molar refractivity (Wildman–Crippen MR) is 53.3 cm³/mol. The molecular weight excluding hydrogens is 188 g/mol. The van der Waals surface area contributed by atoms with Crippen LogP contribution in [-0.2, 0) is 0 Å². The summed E-state index contributed by atoms with van der Waals surface area (Å²) in [5.74, 6) is 1.19. The van der Waals surface area contributed by atoms with E-state index in [9.17, 15) is 0 Å². The van der Waals surface area contributed by atoms with E-state index in [4.69, 9.17) is 11.6 Å². The van der Waals surface area contributed by atoms with Crippen molar-refractivity contribution in [2.24, 2.45) is 0 Å². The highest BCUT2D eigenvalue weighted by molar-refractivity contribution is 6.18. The topological polar surface area (TPSA) is 41.9 Å². The number of aryl methyl sites for hydroxylation is 2. The van der Waals surface area contributed by atoms with E-state index in [1.54, 1.807) is 0 Å². The summed E-state index contributed by atoms with van der Waals surface area (Å²) in [5.41, 5.74) is 1.77. The molecule has 1 aromatic heterocycles. The summed E-state index contributed by atoms with van der Waals surface area (Å²) in [4.78, 5) is 6.17. The number of nitrogens with zero attached hydrogens (tertiary/aromatic N) is 4. The zero-order valence-corrected chi connectivity index (χ0v) is 8.84. The Hall–Kier alpha value is -0.900. The van der Waals surface area contributed by atoms with E-state index >= 15 is 0 Å². The fourth-order valence-corrected chi connectivity index (χ4v) is 1.09. The van der Waals surface area contributed by atoms with Crippen molar-refractivity contribution in [3.8, 4) is 0 Å². The Bertz CT molecular complexity index is 289. The number of rotatable bonds is 3. The molecule has 1 aromatic rings. The largest absolute Gasteiger partial charge is 0.341 e. The third kappa shape index (κ3) is 2.52. The Balaban J connectivity index is 2.84. The first-order valence-corrected chi connectivity index (χ1v) is 4.63. The molecule has 4 nitrogen and oxygen atoms in total. The molecule has 0 aliphatic rings.